The molecule has 1 aliphatic rings. The van der Waals surface area contributed by atoms with Gasteiger partial charge in [-0.2, -0.15) is 0 Å². The number of nitrogens with zero attached hydrogens (tertiary/aromatic N) is 2. The molecule has 0 spiro atoms. The Balaban J connectivity index is 1.67. The lowest BCUT2D eigenvalue weighted by atomic mass is 9.83. The van der Waals surface area contributed by atoms with E-state index in [1.165, 1.54) is 11.3 Å². The summed E-state index contributed by atoms with van der Waals surface area (Å²) in [4.78, 5) is 17.4. The third kappa shape index (κ3) is 3.63. The molecule has 25 heavy (non-hydrogen) atoms. The molecule has 0 unspecified atom stereocenters. The molecule has 2 aromatic carbocycles. The van der Waals surface area contributed by atoms with Gasteiger partial charge in [0.1, 0.15) is 0 Å². The Labute approximate surface area is 150 Å². The maximum absolute atomic E-state index is 13.1. The van der Waals surface area contributed by atoms with Gasteiger partial charge < -0.3 is 15.5 Å². The molecular weight excluding hydrogens is 310 g/mol. The summed E-state index contributed by atoms with van der Waals surface area (Å²) in [5.41, 5.74) is 9.46. The normalized spacial score (nSPS) is 15.3. The van der Waals surface area contributed by atoms with E-state index >= 15 is 0 Å². The Morgan fingerprint density at radius 1 is 1.00 bits per heavy atom. The Bertz CT molecular complexity index is 744. The topological polar surface area (TPSA) is 49.6 Å². The number of benzene rings is 2. The van der Waals surface area contributed by atoms with E-state index in [1.807, 2.05) is 43.0 Å². The van der Waals surface area contributed by atoms with Gasteiger partial charge in [-0.25, -0.2) is 0 Å². The quantitative estimate of drug-likeness (QED) is 0.875. The molecule has 0 radical (unpaired) electrons. The molecule has 4 heteroatoms. The number of anilines is 2. The van der Waals surface area contributed by atoms with Crippen molar-refractivity contribution in [2.45, 2.75) is 26.2 Å². The van der Waals surface area contributed by atoms with Gasteiger partial charge in [-0.3, -0.25) is 4.79 Å². The molecule has 2 aromatic rings. The van der Waals surface area contributed by atoms with Crippen LogP contribution in [0.4, 0.5) is 11.4 Å². The van der Waals surface area contributed by atoms with E-state index in [-0.39, 0.29) is 5.91 Å². The number of piperazine rings is 1. The van der Waals surface area contributed by atoms with Crippen LogP contribution in [0.5, 0.6) is 0 Å². The second-order valence-corrected chi connectivity index (χ2v) is 7.37. The van der Waals surface area contributed by atoms with Crippen molar-refractivity contribution >= 4 is 17.3 Å². The van der Waals surface area contributed by atoms with Gasteiger partial charge in [-0.1, -0.05) is 24.3 Å². The summed E-state index contributed by atoms with van der Waals surface area (Å²) in [6.07, 6.45) is 0. The molecule has 0 saturated carbocycles. The fraction of sp³-hybridized carbons (Fsp3) is 0.381. The maximum atomic E-state index is 13.1. The summed E-state index contributed by atoms with van der Waals surface area (Å²) >= 11 is 0. The van der Waals surface area contributed by atoms with Gasteiger partial charge in [0.25, 0.3) is 0 Å². The molecule has 132 valence electrons. The number of carbonyl (C=O) groups is 1. The lowest BCUT2D eigenvalue weighted by Crippen LogP contribution is -2.53. The fourth-order valence-corrected chi connectivity index (χ4v) is 3.41. The minimum atomic E-state index is -0.542. The minimum Gasteiger partial charge on any atom is -0.399 e. The standard InChI is InChI=1S/C21H27N3O/c1-16-5-4-6-19(15-16)23-11-13-24(14-12-23)20(25)21(2,3)17-7-9-18(22)10-8-17/h4-10,15H,11-14,22H2,1-3H3. The van der Waals surface area contributed by atoms with Crippen LogP contribution in [-0.2, 0) is 10.2 Å². The molecule has 1 aliphatic heterocycles. The highest BCUT2D eigenvalue weighted by Gasteiger charge is 2.35. The van der Waals surface area contributed by atoms with Crippen molar-refractivity contribution in [3.8, 4) is 0 Å². The molecule has 0 aromatic heterocycles. The van der Waals surface area contributed by atoms with Crippen LogP contribution >= 0.6 is 0 Å². The van der Waals surface area contributed by atoms with Crippen molar-refractivity contribution in [3.63, 3.8) is 0 Å². The first-order valence-electron chi connectivity index (χ1n) is 8.85. The predicted octanol–water partition coefficient (Wildman–Crippen LogP) is 3.20. The van der Waals surface area contributed by atoms with E-state index in [4.69, 9.17) is 5.73 Å². The molecule has 0 bridgehead atoms. The van der Waals surface area contributed by atoms with Gasteiger partial charge in [0.15, 0.2) is 0 Å². The molecule has 0 aliphatic carbocycles. The molecule has 1 amide bonds. The third-order valence-electron chi connectivity index (χ3n) is 5.10. The Hall–Kier alpha value is -2.49. The van der Waals surface area contributed by atoms with Crippen LogP contribution in [0.2, 0.25) is 0 Å². The average molecular weight is 337 g/mol. The SMILES string of the molecule is Cc1cccc(N2CCN(C(=O)C(C)(C)c3ccc(N)cc3)CC2)c1. The van der Waals surface area contributed by atoms with Gasteiger partial charge in [-0.15, -0.1) is 0 Å². The van der Waals surface area contributed by atoms with Crippen LogP contribution in [0.25, 0.3) is 0 Å². The second-order valence-electron chi connectivity index (χ2n) is 7.37. The number of nitrogens with two attached hydrogens (primary N) is 1. The third-order valence-corrected chi connectivity index (χ3v) is 5.10. The van der Waals surface area contributed by atoms with Crippen molar-refractivity contribution in [1.82, 2.24) is 4.90 Å². The fourth-order valence-electron chi connectivity index (χ4n) is 3.41. The zero-order chi connectivity index (χ0) is 18.0. The molecular formula is C21H27N3O. The first-order chi connectivity index (χ1) is 11.9. The van der Waals surface area contributed by atoms with Crippen molar-refractivity contribution in [2.24, 2.45) is 0 Å². The zero-order valence-electron chi connectivity index (χ0n) is 15.3. The smallest absolute Gasteiger partial charge is 0.232 e. The lowest BCUT2D eigenvalue weighted by Gasteiger charge is -2.39. The number of carbonyl (C=O) groups excluding carboxylic acids is 1. The molecule has 0 atom stereocenters. The Morgan fingerprint density at radius 3 is 2.24 bits per heavy atom. The Kier molecular flexibility index (Phi) is 4.71. The van der Waals surface area contributed by atoms with Crippen molar-refractivity contribution < 1.29 is 4.79 Å². The van der Waals surface area contributed by atoms with Crippen LogP contribution in [0.3, 0.4) is 0 Å². The highest BCUT2D eigenvalue weighted by molar-refractivity contribution is 5.87. The van der Waals surface area contributed by atoms with Crippen LogP contribution in [0, 0.1) is 6.92 Å². The van der Waals surface area contributed by atoms with Crippen LogP contribution in [-0.4, -0.2) is 37.0 Å². The number of rotatable bonds is 3. The van der Waals surface area contributed by atoms with Gasteiger partial charge in [0.2, 0.25) is 5.91 Å². The summed E-state index contributed by atoms with van der Waals surface area (Å²) in [6.45, 7) is 9.34. The molecule has 3 rings (SSSR count). The zero-order valence-corrected chi connectivity index (χ0v) is 15.3. The molecule has 1 saturated heterocycles. The van der Waals surface area contributed by atoms with E-state index in [0.717, 1.165) is 37.4 Å². The van der Waals surface area contributed by atoms with E-state index in [0.29, 0.717) is 0 Å². The largest absolute Gasteiger partial charge is 0.399 e. The van der Waals surface area contributed by atoms with Gasteiger partial charge in [0, 0.05) is 37.6 Å². The number of aryl methyl sites for hydroxylation is 1. The summed E-state index contributed by atoms with van der Waals surface area (Å²) in [5.74, 6) is 0.182. The van der Waals surface area contributed by atoms with Crippen molar-refractivity contribution in [1.29, 1.82) is 0 Å². The predicted molar refractivity (Wildman–Crippen MR) is 104 cm³/mol. The molecule has 2 N–H and O–H groups in total. The molecule has 1 fully saturated rings. The lowest BCUT2D eigenvalue weighted by molar-refractivity contribution is -0.136. The second kappa shape index (κ2) is 6.79. The van der Waals surface area contributed by atoms with E-state index < -0.39 is 5.41 Å². The van der Waals surface area contributed by atoms with Crippen LogP contribution in [0.1, 0.15) is 25.0 Å². The van der Waals surface area contributed by atoms with E-state index in [9.17, 15) is 4.79 Å². The monoisotopic (exact) mass is 337 g/mol. The number of nitrogen functional groups attached to an aromatic ring is 1. The summed E-state index contributed by atoms with van der Waals surface area (Å²) in [5, 5.41) is 0. The van der Waals surface area contributed by atoms with Gasteiger partial charge in [-0.05, 0) is 56.2 Å². The summed E-state index contributed by atoms with van der Waals surface area (Å²) in [7, 11) is 0. The Morgan fingerprint density at radius 2 is 1.64 bits per heavy atom. The maximum Gasteiger partial charge on any atom is 0.232 e. The van der Waals surface area contributed by atoms with E-state index in [2.05, 4.69) is 36.1 Å². The highest BCUT2D eigenvalue weighted by atomic mass is 16.2. The first kappa shape index (κ1) is 17.3. The van der Waals surface area contributed by atoms with Crippen molar-refractivity contribution in [2.75, 3.05) is 36.8 Å². The van der Waals surface area contributed by atoms with E-state index in [1.54, 1.807) is 0 Å². The van der Waals surface area contributed by atoms with Gasteiger partial charge >= 0.3 is 0 Å². The van der Waals surface area contributed by atoms with Crippen molar-refractivity contribution in [3.05, 3.63) is 59.7 Å². The number of hydrogen-bond donors (Lipinski definition) is 1. The average Bonchev–Trinajstić information content (AvgIpc) is 2.61. The summed E-state index contributed by atoms with van der Waals surface area (Å²) < 4.78 is 0. The summed E-state index contributed by atoms with van der Waals surface area (Å²) in [6, 6.07) is 16.2. The van der Waals surface area contributed by atoms with Gasteiger partial charge in [0.05, 0.1) is 5.41 Å². The highest BCUT2D eigenvalue weighted by Crippen LogP contribution is 2.27. The molecule has 4 nitrogen and oxygen atoms in total. The first-order valence-corrected chi connectivity index (χ1v) is 8.85. The number of amides is 1. The molecule has 1 heterocycles. The van der Waals surface area contributed by atoms with Crippen LogP contribution in [0.15, 0.2) is 48.5 Å². The minimum absolute atomic E-state index is 0.182. The number of hydrogen-bond acceptors (Lipinski definition) is 3. The van der Waals surface area contributed by atoms with Crippen LogP contribution < -0.4 is 10.6 Å².